The van der Waals surface area contributed by atoms with Gasteiger partial charge in [0, 0.05) is 23.5 Å². The predicted octanol–water partition coefficient (Wildman–Crippen LogP) is 4.05. The van der Waals surface area contributed by atoms with Crippen LogP contribution in [-0.2, 0) is 0 Å². The Bertz CT molecular complexity index is 1260. The molecule has 0 spiro atoms. The molecule has 8 nitrogen and oxygen atoms in total. The third kappa shape index (κ3) is 3.20. The standard InChI is InChI=1S/C22H16N6O2/c1-29-18-9-7-16(8-10-18)22-24-21(26-30-22)19-20(15-11-13-23-14-12-15)28(27-25-19)17-5-3-2-4-6-17/h2-14H,1H3. The number of pyridine rings is 1. The van der Waals surface area contributed by atoms with E-state index < -0.39 is 0 Å². The molecule has 0 aliphatic carbocycles. The molecular weight excluding hydrogens is 380 g/mol. The highest BCUT2D eigenvalue weighted by molar-refractivity contribution is 5.76. The largest absolute Gasteiger partial charge is 0.497 e. The first-order valence-corrected chi connectivity index (χ1v) is 9.23. The van der Waals surface area contributed by atoms with Gasteiger partial charge in [-0.2, -0.15) is 4.98 Å². The lowest BCUT2D eigenvalue weighted by Crippen LogP contribution is -1.99. The molecule has 0 radical (unpaired) electrons. The first kappa shape index (κ1) is 17.7. The number of methoxy groups -OCH3 is 1. The topological polar surface area (TPSA) is 91.8 Å². The Hall–Kier alpha value is -4.33. The minimum absolute atomic E-state index is 0.356. The molecule has 0 saturated heterocycles. The number of benzene rings is 2. The fourth-order valence-corrected chi connectivity index (χ4v) is 3.12. The summed E-state index contributed by atoms with van der Waals surface area (Å²) in [7, 11) is 1.62. The van der Waals surface area contributed by atoms with Crippen LogP contribution < -0.4 is 4.74 Å². The molecule has 0 atom stereocenters. The minimum atomic E-state index is 0.356. The number of hydrogen-bond donors (Lipinski definition) is 0. The van der Waals surface area contributed by atoms with Gasteiger partial charge in [-0.1, -0.05) is 28.6 Å². The molecule has 3 heterocycles. The van der Waals surface area contributed by atoms with Gasteiger partial charge in [-0.05, 0) is 48.5 Å². The summed E-state index contributed by atoms with van der Waals surface area (Å²) in [6.45, 7) is 0. The Balaban J connectivity index is 1.61. The van der Waals surface area contributed by atoms with Crippen molar-refractivity contribution in [2.75, 3.05) is 7.11 Å². The maximum Gasteiger partial charge on any atom is 0.258 e. The summed E-state index contributed by atoms with van der Waals surface area (Å²) >= 11 is 0. The second-order valence-electron chi connectivity index (χ2n) is 6.42. The van der Waals surface area contributed by atoms with E-state index in [2.05, 4.69) is 25.4 Å². The molecule has 0 bridgehead atoms. The maximum absolute atomic E-state index is 5.49. The molecule has 0 unspecified atom stereocenters. The van der Waals surface area contributed by atoms with Gasteiger partial charge in [-0.15, -0.1) is 5.10 Å². The fourth-order valence-electron chi connectivity index (χ4n) is 3.12. The lowest BCUT2D eigenvalue weighted by Gasteiger charge is -2.07. The van der Waals surface area contributed by atoms with E-state index in [9.17, 15) is 0 Å². The van der Waals surface area contributed by atoms with Gasteiger partial charge in [0.1, 0.15) is 11.4 Å². The minimum Gasteiger partial charge on any atom is -0.497 e. The molecule has 0 saturated carbocycles. The number of hydrogen-bond acceptors (Lipinski definition) is 7. The number of nitrogens with zero attached hydrogens (tertiary/aromatic N) is 6. The van der Waals surface area contributed by atoms with Crippen LogP contribution in [0.2, 0.25) is 0 Å². The predicted molar refractivity (Wildman–Crippen MR) is 110 cm³/mol. The molecule has 0 aliphatic heterocycles. The molecular formula is C22H16N6O2. The molecule has 0 N–H and O–H groups in total. The van der Waals surface area contributed by atoms with Crippen molar-refractivity contribution >= 4 is 0 Å². The van der Waals surface area contributed by atoms with Crippen molar-refractivity contribution in [3.05, 3.63) is 79.1 Å². The highest BCUT2D eigenvalue weighted by atomic mass is 16.5. The van der Waals surface area contributed by atoms with E-state index in [4.69, 9.17) is 9.26 Å². The summed E-state index contributed by atoms with van der Waals surface area (Å²) in [5, 5.41) is 12.9. The first-order valence-electron chi connectivity index (χ1n) is 9.23. The first-order chi connectivity index (χ1) is 14.8. The van der Waals surface area contributed by atoms with Crippen LogP contribution in [0, 0.1) is 0 Å². The van der Waals surface area contributed by atoms with E-state index in [1.54, 1.807) is 24.2 Å². The van der Waals surface area contributed by atoms with Gasteiger partial charge in [-0.3, -0.25) is 4.98 Å². The van der Waals surface area contributed by atoms with Crippen molar-refractivity contribution in [2.24, 2.45) is 0 Å². The van der Waals surface area contributed by atoms with E-state index in [1.807, 2.05) is 66.7 Å². The molecule has 146 valence electrons. The molecule has 3 aromatic heterocycles. The summed E-state index contributed by atoms with van der Waals surface area (Å²) in [6, 6.07) is 21.0. The SMILES string of the molecule is COc1ccc(-c2nc(-c3nnn(-c4ccccc4)c3-c3ccncc3)no2)cc1. The second-order valence-corrected chi connectivity index (χ2v) is 6.42. The molecule has 0 amide bonds. The molecule has 2 aromatic carbocycles. The van der Waals surface area contributed by atoms with E-state index >= 15 is 0 Å². The summed E-state index contributed by atoms with van der Waals surface area (Å²) in [5.74, 6) is 1.50. The molecule has 5 aromatic rings. The molecule has 0 fully saturated rings. The number of ether oxygens (including phenoxy) is 1. The Morgan fingerprint density at radius 1 is 0.867 bits per heavy atom. The van der Waals surface area contributed by atoms with E-state index in [0.717, 1.165) is 28.3 Å². The molecule has 8 heteroatoms. The van der Waals surface area contributed by atoms with Crippen LogP contribution in [0.25, 0.3) is 39.9 Å². The molecule has 0 aliphatic rings. The van der Waals surface area contributed by atoms with Gasteiger partial charge >= 0.3 is 0 Å². The lowest BCUT2D eigenvalue weighted by molar-refractivity contribution is 0.414. The Labute approximate surface area is 171 Å². The zero-order valence-corrected chi connectivity index (χ0v) is 16.0. The number of rotatable bonds is 5. The monoisotopic (exact) mass is 396 g/mol. The zero-order chi connectivity index (χ0) is 20.3. The quantitative estimate of drug-likeness (QED) is 0.442. The summed E-state index contributed by atoms with van der Waals surface area (Å²) in [5.41, 5.74) is 3.83. The highest BCUT2D eigenvalue weighted by Crippen LogP contribution is 2.31. The summed E-state index contributed by atoms with van der Waals surface area (Å²) < 4.78 is 12.4. The van der Waals surface area contributed by atoms with E-state index in [-0.39, 0.29) is 0 Å². The van der Waals surface area contributed by atoms with E-state index in [0.29, 0.717) is 17.4 Å². The van der Waals surface area contributed by atoms with Crippen LogP contribution in [-0.4, -0.2) is 37.2 Å². The Morgan fingerprint density at radius 2 is 1.63 bits per heavy atom. The normalized spacial score (nSPS) is 10.8. The van der Waals surface area contributed by atoms with Crippen molar-refractivity contribution in [1.29, 1.82) is 0 Å². The van der Waals surface area contributed by atoms with Gasteiger partial charge in [-0.25, -0.2) is 4.68 Å². The van der Waals surface area contributed by atoms with Gasteiger partial charge < -0.3 is 9.26 Å². The number of para-hydroxylation sites is 1. The van der Waals surface area contributed by atoms with Crippen molar-refractivity contribution in [2.45, 2.75) is 0 Å². The van der Waals surface area contributed by atoms with Crippen LogP contribution in [0.15, 0.2) is 83.6 Å². The van der Waals surface area contributed by atoms with Gasteiger partial charge in [0.15, 0.2) is 5.69 Å². The third-order valence-electron chi connectivity index (χ3n) is 4.60. The number of aromatic nitrogens is 6. The van der Waals surface area contributed by atoms with Crippen LogP contribution >= 0.6 is 0 Å². The Kier molecular flexibility index (Phi) is 4.49. The van der Waals surface area contributed by atoms with Gasteiger partial charge in [0.25, 0.3) is 5.89 Å². The molecule has 30 heavy (non-hydrogen) atoms. The van der Waals surface area contributed by atoms with Gasteiger partial charge in [0.05, 0.1) is 12.8 Å². The molecule has 5 rings (SSSR count). The average molecular weight is 396 g/mol. The third-order valence-corrected chi connectivity index (χ3v) is 4.60. The van der Waals surface area contributed by atoms with Crippen LogP contribution in [0.1, 0.15) is 0 Å². The smallest absolute Gasteiger partial charge is 0.258 e. The highest BCUT2D eigenvalue weighted by Gasteiger charge is 2.22. The van der Waals surface area contributed by atoms with Crippen LogP contribution in [0.3, 0.4) is 0 Å². The zero-order valence-electron chi connectivity index (χ0n) is 16.0. The fraction of sp³-hybridized carbons (Fsp3) is 0.0455. The van der Waals surface area contributed by atoms with Crippen molar-refractivity contribution in [1.82, 2.24) is 30.1 Å². The Morgan fingerprint density at radius 3 is 2.37 bits per heavy atom. The van der Waals surface area contributed by atoms with E-state index in [1.165, 1.54) is 0 Å². The average Bonchev–Trinajstić information content (AvgIpc) is 3.48. The summed E-state index contributed by atoms with van der Waals surface area (Å²) in [4.78, 5) is 8.66. The van der Waals surface area contributed by atoms with Crippen molar-refractivity contribution in [3.8, 4) is 45.7 Å². The van der Waals surface area contributed by atoms with Crippen molar-refractivity contribution < 1.29 is 9.26 Å². The maximum atomic E-state index is 5.49. The van der Waals surface area contributed by atoms with Crippen molar-refractivity contribution in [3.63, 3.8) is 0 Å². The lowest BCUT2D eigenvalue weighted by atomic mass is 10.1. The van der Waals surface area contributed by atoms with Crippen LogP contribution in [0.4, 0.5) is 0 Å². The summed E-state index contributed by atoms with van der Waals surface area (Å²) in [6.07, 6.45) is 3.45. The second kappa shape index (κ2) is 7.59. The van der Waals surface area contributed by atoms with Gasteiger partial charge in [0.2, 0.25) is 5.82 Å². The van der Waals surface area contributed by atoms with Crippen LogP contribution in [0.5, 0.6) is 5.75 Å².